The van der Waals surface area contributed by atoms with Crippen molar-refractivity contribution < 1.29 is 75.8 Å². The van der Waals surface area contributed by atoms with Crippen molar-refractivity contribution in [1.82, 2.24) is 0 Å². The number of phosphoric acid groups is 2. The first-order valence-corrected chi connectivity index (χ1v) is 52.8. The summed E-state index contributed by atoms with van der Waals surface area (Å²) in [5.41, 5.74) is 0. The monoisotopic (exact) mass is 1760 g/mol. The average molecular weight is 1760 g/mol. The Kier molecular flexibility index (Phi) is 92.5. The minimum atomic E-state index is -4.95. The van der Waals surface area contributed by atoms with Crippen molar-refractivity contribution >= 4 is 33.6 Å². The summed E-state index contributed by atoms with van der Waals surface area (Å²) in [5.74, 6) is -1.56. The Labute approximate surface area is 752 Å². The molecule has 0 radical (unpaired) electrons. The maximum Gasteiger partial charge on any atom is 0.472 e. The predicted octanol–water partition coefficient (Wildman–Crippen LogP) is 31.2. The second-order valence-corrected chi connectivity index (χ2v) is 36.1. The van der Waals surface area contributed by atoms with Crippen molar-refractivity contribution in [2.45, 2.75) is 450 Å². The molecule has 18 heteroatoms. The first-order chi connectivity index (χ1) is 60.2. The number of carbonyl (C=O) groups excluding carboxylic acids is 3. The number of allylic oxidation sites excluding steroid dienone is 26. The van der Waals surface area contributed by atoms with Gasteiger partial charge < -0.3 is 34.2 Å². The van der Waals surface area contributed by atoms with Crippen molar-refractivity contribution in [3.8, 4) is 0 Å². The number of aliphatic hydroxyl groups excluding tert-OH is 2. The minimum Gasteiger partial charge on any atom is -0.463 e. The first kappa shape index (κ1) is 118. The molecule has 0 heterocycles. The van der Waals surface area contributed by atoms with E-state index in [9.17, 15) is 43.5 Å². The van der Waals surface area contributed by atoms with E-state index in [2.05, 4.69) is 179 Å². The van der Waals surface area contributed by atoms with Gasteiger partial charge in [-0.2, -0.15) is 0 Å². The summed E-state index contributed by atoms with van der Waals surface area (Å²) in [6.45, 7) is 2.58. The number of rotatable bonds is 94. The van der Waals surface area contributed by atoms with Crippen LogP contribution in [0.15, 0.2) is 158 Å². The lowest BCUT2D eigenvalue weighted by Gasteiger charge is -2.21. The highest BCUT2D eigenvalue weighted by Gasteiger charge is 2.30. The third-order valence-corrected chi connectivity index (χ3v) is 23.1. The number of unbranched alkanes of at least 4 members (excludes halogenated alkanes) is 45. The summed E-state index contributed by atoms with van der Waals surface area (Å²) in [6, 6.07) is 0. The highest BCUT2D eigenvalue weighted by molar-refractivity contribution is 7.47. The molecule has 0 amide bonds. The van der Waals surface area contributed by atoms with Crippen molar-refractivity contribution in [3.63, 3.8) is 0 Å². The van der Waals surface area contributed by atoms with E-state index < -0.39 is 91.5 Å². The van der Waals surface area contributed by atoms with E-state index in [4.69, 9.17) is 32.3 Å². The fourth-order valence-corrected chi connectivity index (χ4v) is 15.3. The zero-order valence-corrected chi connectivity index (χ0v) is 80.1. The Morgan fingerprint density at radius 3 is 0.683 bits per heavy atom. The Morgan fingerprint density at radius 1 is 0.236 bits per heavy atom. The van der Waals surface area contributed by atoms with Gasteiger partial charge in [0.2, 0.25) is 0 Å². The number of aliphatic hydroxyl groups is 2. The van der Waals surface area contributed by atoms with Crippen molar-refractivity contribution in [3.05, 3.63) is 158 Å². The molecule has 708 valence electrons. The summed E-state index contributed by atoms with van der Waals surface area (Å²) >= 11 is 0. The van der Waals surface area contributed by atoms with Crippen molar-refractivity contribution in [1.29, 1.82) is 0 Å². The van der Waals surface area contributed by atoms with Gasteiger partial charge in [0.25, 0.3) is 0 Å². The molecular formula is C105H182O16P2. The molecule has 0 rings (SSSR count). The second kappa shape index (κ2) is 96.3. The van der Waals surface area contributed by atoms with Crippen LogP contribution in [-0.2, 0) is 55.8 Å². The number of hydrogen-bond donors (Lipinski definition) is 4. The predicted molar refractivity (Wildman–Crippen MR) is 519 cm³/mol. The van der Waals surface area contributed by atoms with Gasteiger partial charge in [-0.3, -0.25) is 32.5 Å². The normalized spacial score (nSPS) is 14.4. The molecule has 0 saturated carbocycles. The van der Waals surface area contributed by atoms with E-state index in [0.717, 1.165) is 148 Å². The quantitative estimate of drug-likeness (QED) is 0.0146. The van der Waals surface area contributed by atoms with E-state index in [0.29, 0.717) is 19.3 Å². The molecule has 0 bridgehead atoms. The van der Waals surface area contributed by atoms with Gasteiger partial charge in [0.1, 0.15) is 25.4 Å². The maximum atomic E-state index is 13.1. The lowest BCUT2D eigenvalue weighted by atomic mass is 10.0. The van der Waals surface area contributed by atoms with E-state index in [1.165, 1.54) is 225 Å². The molecule has 5 unspecified atom stereocenters. The fraction of sp³-hybridized carbons (Fsp3) is 0.724. The number of hydrogen-bond acceptors (Lipinski definition) is 14. The molecule has 16 nitrogen and oxygen atoms in total. The summed E-state index contributed by atoms with van der Waals surface area (Å²) in [4.78, 5) is 59.2. The Balaban J connectivity index is 4.62. The lowest BCUT2D eigenvalue weighted by molar-refractivity contribution is -0.161. The highest BCUT2D eigenvalue weighted by Crippen LogP contribution is 2.45. The average Bonchev–Trinajstić information content (AvgIpc) is 0.891. The van der Waals surface area contributed by atoms with Gasteiger partial charge in [-0.05, 0) is 154 Å². The molecule has 0 aromatic heterocycles. The Bertz CT molecular complexity index is 2870. The van der Waals surface area contributed by atoms with Crippen LogP contribution in [0.5, 0.6) is 0 Å². The van der Waals surface area contributed by atoms with Gasteiger partial charge in [0, 0.05) is 19.3 Å². The third-order valence-electron chi connectivity index (χ3n) is 21.2. The number of carbonyl (C=O) groups is 3. The maximum absolute atomic E-state index is 13.1. The van der Waals surface area contributed by atoms with Gasteiger partial charge in [-0.1, -0.05) is 416 Å². The van der Waals surface area contributed by atoms with E-state index >= 15 is 0 Å². The largest absolute Gasteiger partial charge is 0.472 e. The summed E-state index contributed by atoms with van der Waals surface area (Å²) in [5, 5.41) is 20.8. The molecule has 123 heavy (non-hydrogen) atoms. The van der Waals surface area contributed by atoms with Crippen LogP contribution >= 0.6 is 15.6 Å². The molecule has 0 saturated heterocycles. The van der Waals surface area contributed by atoms with E-state index in [1.54, 1.807) is 0 Å². The van der Waals surface area contributed by atoms with Crippen LogP contribution in [0.2, 0.25) is 0 Å². The summed E-state index contributed by atoms with van der Waals surface area (Å²) in [7, 11) is -9.82. The van der Waals surface area contributed by atoms with Crippen LogP contribution in [0, 0.1) is 0 Å². The Hall–Kier alpha value is -4.83. The number of phosphoric ester groups is 2. The first-order valence-electron chi connectivity index (χ1n) is 49.8. The van der Waals surface area contributed by atoms with Gasteiger partial charge in [0.15, 0.2) is 6.10 Å². The fourth-order valence-electron chi connectivity index (χ4n) is 13.7. The van der Waals surface area contributed by atoms with E-state index in [-0.39, 0.29) is 19.3 Å². The van der Waals surface area contributed by atoms with Gasteiger partial charge in [0.05, 0.1) is 26.4 Å². The number of esters is 3. The lowest BCUT2D eigenvalue weighted by Crippen LogP contribution is -2.30. The molecule has 0 aromatic rings. The molecule has 0 aliphatic rings. The molecule has 0 fully saturated rings. The van der Waals surface area contributed by atoms with Crippen LogP contribution in [0.4, 0.5) is 0 Å². The SMILES string of the molecule is CC/C=C\C/C=C\C/C=C\C/C=C\C/C=C\CCCCCCCCCCCCCCCCCC(=O)OCC(O)COP(=O)(O)OCC(O)COP(=O)(O)OCC(COC(=O)CCCCCCCCCCCCCCC/C=C\C/C=C\C/C=C\C/C=C\CCCCC)OC(=O)CCCCCCCCCCCCC/C=C\C/C=C\C/C=C\C/C=C\CCCCC. The van der Waals surface area contributed by atoms with Crippen LogP contribution in [0.25, 0.3) is 0 Å². The minimum absolute atomic E-state index is 0.0984. The van der Waals surface area contributed by atoms with Gasteiger partial charge in [-0.25, -0.2) is 9.13 Å². The zero-order valence-electron chi connectivity index (χ0n) is 78.3. The summed E-state index contributed by atoms with van der Waals surface area (Å²) in [6.07, 6.45) is 124. The smallest absolute Gasteiger partial charge is 0.463 e. The molecular weight excluding hydrogens is 1580 g/mol. The van der Waals surface area contributed by atoms with Gasteiger partial charge >= 0.3 is 33.6 Å². The zero-order chi connectivity index (χ0) is 89.3. The third kappa shape index (κ3) is 97.6. The van der Waals surface area contributed by atoms with Crippen LogP contribution in [0.1, 0.15) is 432 Å². The van der Waals surface area contributed by atoms with E-state index in [1.807, 2.05) is 0 Å². The molecule has 0 aliphatic heterocycles. The molecule has 0 aliphatic carbocycles. The highest BCUT2D eigenvalue weighted by atomic mass is 31.2. The number of ether oxygens (including phenoxy) is 3. The Morgan fingerprint density at radius 2 is 0.431 bits per heavy atom. The molecule has 0 spiro atoms. The second-order valence-electron chi connectivity index (χ2n) is 33.2. The molecule has 0 aromatic carbocycles. The van der Waals surface area contributed by atoms with Crippen LogP contribution in [0.3, 0.4) is 0 Å². The molecule has 5 atom stereocenters. The van der Waals surface area contributed by atoms with Crippen molar-refractivity contribution in [2.24, 2.45) is 0 Å². The van der Waals surface area contributed by atoms with Gasteiger partial charge in [-0.15, -0.1) is 0 Å². The summed E-state index contributed by atoms with van der Waals surface area (Å²) < 4.78 is 61.7. The van der Waals surface area contributed by atoms with Crippen LogP contribution in [-0.4, -0.2) is 95.9 Å². The molecule has 4 N–H and O–H groups in total. The van der Waals surface area contributed by atoms with Crippen LogP contribution < -0.4 is 0 Å². The van der Waals surface area contributed by atoms with Crippen molar-refractivity contribution in [2.75, 3.05) is 39.6 Å². The topological polar surface area (TPSA) is 231 Å². The standard InChI is InChI=1S/C105H182O16P2/c1-4-7-10-13-16-19-22-25-28-31-34-37-40-43-46-48-49-51-54-55-58-61-64-67-70-73-76-79-82-85-88-91-103(108)115-94-100(106)95-117-122(111,112)118-96-101(107)97-119-123(113,114)120-99-102(121-105(110)93-90-87-84-81-78-75-72-69-66-63-60-57-52-45-42-39-36-33-30-27-24-21-18-15-12-9-6-3)98-116-104(109)92-89-86-83-80-77-74-71-68-65-62-59-56-53-50-47-44-41-38-35-32-29-26-23-20-17-14-11-8-5-2/h7,10,16-21,25-30,34-39,43-47,52,100-102,106-107H,4-6,8-9,11-15,22-24,31-33,40-42,48-51,53-99H2,1-3H3,(H,111,112)(H,113,114)/b10-7-,19-16-,20-17-,21-18-,28-25-,29-26-,30-27-,37-34-,38-35-,39-36-,46-43-,47-44-,52-45-.